The van der Waals surface area contributed by atoms with E-state index in [4.69, 9.17) is 0 Å². The van der Waals surface area contributed by atoms with Crippen LogP contribution in [-0.2, 0) is 32.7 Å². The van der Waals surface area contributed by atoms with Crippen molar-refractivity contribution in [1.82, 2.24) is 4.90 Å². The zero-order valence-corrected chi connectivity index (χ0v) is 8.82. The van der Waals surface area contributed by atoms with E-state index in [0.717, 1.165) is 13.0 Å². The molecular weight excluding hydrogens is 213 g/mol. The van der Waals surface area contributed by atoms with E-state index < -0.39 is 5.92 Å². The Kier molecular flexibility index (Phi) is 4.45. The number of nitrogens with zero attached hydrogens (tertiary/aromatic N) is 1. The zero-order valence-electron chi connectivity index (χ0n) is 5.98. The molecule has 0 saturated carbocycles. The van der Waals surface area contributed by atoms with Gasteiger partial charge in [0, 0.05) is 39.3 Å². The van der Waals surface area contributed by atoms with Gasteiger partial charge in [-0.2, -0.15) is 6.42 Å². The minimum absolute atomic E-state index is 0. The third-order valence-corrected chi connectivity index (χ3v) is 1.43. The van der Waals surface area contributed by atoms with Crippen molar-refractivity contribution in [3.8, 4) is 0 Å². The first kappa shape index (κ1) is 10.9. The second-order valence-electron chi connectivity index (χ2n) is 2.49. The van der Waals surface area contributed by atoms with E-state index in [0.29, 0.717) is 6.42 Å². The van der Waals surface area contributed by atoms with Crippen LogP contribution in [0.1, 0.15) is 6.42 Å². The summed E-state index contributed by atoms with van der Waals surface area (Å²) in [4.78, 5) is 1.64. The average Bonchev–Trinajstić information content (AvgIpc) is 1.60. The van der Waals surface area contributed by atoms with Gasteiger partial charge in [0.2, 0.25) is 0 Å². The summed E-state index contributed by atoms with van der Waals surface area (Å²) in [5, 5.41) is 0. The molecule has 0 N–H and O–H groups in total. The van der Waals surface area contributed by atoms with E-state index in [1.807, 2.05) is 0 Å². The van der Waals surface area contributed by atoms with Crippen molar-refractivity contribution in [2.24, 2.45) is 0 Å². The van der Waals surface area contributed by atoms with Gasteiger partial charge in [-0.1, -0.05) is 0 Å². The van der Waals surface area contributed by atoms with Gasteiger partial charge in [0.1, 0.15) is 5.92 Å². The van der Waals surface area contributed by atoms with E-state index >= 15 is 0 Å². The van der Waals surface area contributed by atoms with E-state index in [9.17, 15) is 8.78 Å². The number of rotatable bonds is 0. The minimum atomic E-state index is -2.55. The molecule has 57 valence electrons. The molecule has 0 aromatic heterocycles. The third-order valence-electron chi connectivity index (χ3n) is 1.43. The predicted molar refractivity (Wildman–Crippen MR) is 31.4 cm³/mol. The molecule has 1 radical (unpaired) electrons. The molecule has 1 aliphatic heterocycles. The molecule has 1 rings (SSSR count). The molecular formula is C6H10F2NY-. The van der Waals surface area contributed by atoms with Gasteiger partial charge in [0.25, 0.3) is 0 Å². The van der Waals surface area contributed by atoms with Crippen LogP contribution < -0.4 is 0 Å². The van der Waals surface area contributed by atoms with E-state index in [1.54, 1.807) is 11.9 Å². The Bertz CT molecular complexity index is 108. The first-order valence-electron chi connectivity index (χ1n) is 3.01. The quantitative estimate of drug-likeness (QED) is 0.557. The van der Waals surface area contributed by atoms with Crippen LogP contribution in [0, 0.1) is 6.42 Å². The first-order chi connectivity index (χ1) is 4.10. The van der Waals surface area contributed by atoms with Gasteiger partial charge in [0.05, 0.1) is 0 Å². The summed E-state index contributed by atoms with van der Waals surface area (Å²) in [5.74, 6) is -2.55. The Morgan fingerprint density at radius 1 is 1.50 bits per heavy atom. The van der Waals surface area contributed by atoms with Crippen LogP contribution in [0.3, 0.4) is 0 Å². The summed E-state index contributed by atoms with van der Waals surface area (Å²) in [6.07, 6.45) is 1.59. The molecule has 1 heterocycles. The molecule has 10 heavy (non-hydrogen) atoms. The van der Waals surface area contributed by atoms with E-state index in [1.165, 1.54) is 0 Å². The molecule has 0 aromatic rings. The number of piperidine rings is 1. The smallest absolute Gasteiger partial charge is 0.144 e. The van der Waals surface area contributed by atoms with Crippen LogP contribution in [0.4, 0.5) is 8.78 Å². The second-order valence-corrected chi connectivity index (χ2v) is 2.49. The zero-order chi connectivity index (χ0) is 6.91. The predicted octanol–water partition coefficient (Wildman–Crippen LogP) is 1.16. The van der Waals surface area contributed by atoms with Crippen molar-refractivity contribution in [2.75, 3.05) is 20.1 Å². The van der Waals surface area contributed by atoms with Crippen molar-refractivity contribution in [3.63, 3.8) is 0 Å². The van der Waals surface area contributed by atoms with Crippen molar-refractivity contribution in [2.45, 2.75) is 12.3 Å². The van der Waals surface area contributed by atoms with Crippen LogP contribution in [0.25, 0.3) is 0 Å². The van der Waals surface area contributed by atoms with Crippen LogP contribution in [-0.4, -0.2) is 31.0 Å². The van der Waals surface area contributed by atoms with Gasteiger partial charge in [0.15, 0.2) is 0 Å². The Hall–Kier alpha value is 0.924. The Labute approximate surface area is 85.0 Å². The van der Waals surface area contributed by atoms with E-state index in [-0.39, 0.29) is 39.3 Å². The molecule has 1 saturated heterocycles. The number of hydrogen-bond acceptors (Lipinski definition) is 1. The number of alkyl halides is 2. The fourth-order valence-corrected chi connectivity index (χ4v) is 1.000. The molecule has 1 nitrogen and oxygen atoms in total. The largest absolute Gasteiger partial charge is 0.306 e. The Morgan fingerprint density at radius 2 is 2.10 bits per heavy atom. The van der Waals surface area contributed by atoms with Gasteiger partial charge in [-0.15, -0.1) is 0 Å². The molecule has 0 aliphatic carbocycles. The van der Waals surface area contributed by atoms with Gasteiger partial charge >= 0.3 is 0 Å². The monoisotopic (exact) mass is 223 g/mol. The number of hydrogen-bond donors (Lipinski definition) is 0. The maximum absolute atomic E-state index is 12.4. The molecule has 1 aliphatic rings. The standard InChI is InChI=1S/C6H10F2N.Y/c1-9-4-2-3-6(7,8)5-9;/h3H,2,4-5H2,1H3;/q-1;. The maximum Gasteiger partial charge on any atom is 0.144 e. The normalized spacial score (nSPS) is 25.5. The minimum Gasteiger partial charge on any atom is -0.306 e. The Balaban J connectivity index is 0.000000810. The summed E-state index contributed by atoms with van der Waals surface area (Å²) in [6.45, 7) is 0.641. The van der Waals surface area contributed by atoms with Crippen molar-refractivity contribution >= 4 is 0 Å². The molecule has 1 fully saturated rings. The number of halogens is 2. The Morgan fingerprint density at radius 3 is 2.40 bits per heavy atom. The molecule has 0 bridgehead atoms. The fourth-order valence-electron chi connectivity index (χ4n) is 1.000. The molecule has 0 unspecified atom stereocenters. The van der Waals surface area contributed by atoms with Crippen LogP contribution in [0.2, 0.25) is 0 Å². The first-order valence-corrected chi connectivity index (χ1v) is 3.01. The van der Waals surface area contributed by atoms with Crippen molar-refractivity contribution in [1.29, 1.82) is 0 Å². The third kappa shape index (κ3) is 3.35. The van der Waals surface area contributed by atoms with Crippen LogP contribution >= 0.6 is 0 Å². The molecule has 0 aromatic carbocycles. The topological polar surface area (TPSA) is 3.24 Å². The number of likely N-dealkylation sites (tertiary alicyclic amines) is 1. The van der Waals surface area contributed by atoms with Crippen molar-refractivity contribution in [3.05, 3.63) is 6.42 Å². The van der Waals surface area contributed by atoms with Crippen LogP contribution in [0.15, 0.2) is 0 Å². The molecule has 0 amide bonds. The molecule has 0 atom stereocenters. The molecule has 0 spiro atoms. The van der Waals surface area contributed by atoms with Gasteiger partial charge in [-0.25, -0.2) is 8.78 Å². The van der Waals surface area contributed by atoms with Crippen LogP contribution in [0.5, 0.6) is 0 Å². The summed E-state index contributed by atoms with van der Waals surface area (Å²) in [6, 6.07) is 0. The summed E-state index contributed by atoms with van der Waals surface area (Å²) in [5.41, 5.74) is 0. The van der Waals surface area contributed by atoms with Crippen molar-refractivity contribution < 1.29 is 41.5 Å². The maximum atomic E-state index is 12.4. The summed E-state index contributed by atoms with van der Waals surface area (Å²) < 4.78 is 24.7. The average molecular weight is 223 g/mol. The SMILES string of the molecule is CN1CC[CH-]C(F)(F)C1.[Y]. The second kappa shape index (κ2) is 4.08. The molecule has 4 heteroatoms. The van der Waals surface area contributed by atoms with Gasteiger partial charge in [-0.3, -0.25) is 6.42 Å². The van der Waals surface area contributed by atoms with Gasteiger partial charge < -0.3 is 4.90 Å². The summed E-state index contributed by atoms with van der Waals surface area (Å²) in [7, 11) is 1.71. The summed E-state index contributed by atoms with van der Waals surface area (Å²) >= 11 is 0. The van der Waals surface area contributed by atoms with Gasteiger partial charge in [-0.05, 0) is 13.6 Å². The fraction of sp³-hybridized carbons (Fsp3) is 0.833. The van der Waals surface area contributed by atoms with E-state index in [2.05, 4.69) is 0 Å².